The van der Waals surface area contributed by atoms with E-state index in [1.165, 1.54) is 0 Å². The highest BCUT2D eigenvalue weighted by molar-refractivity contribution is 5.71. The maximum absolute atomic E-state index is 8.89. The molecule has 6 N–H and O–H groups in total. The number of hydrogen-bond acceptors (Lipinski definition) is 6. The van der Waals surface area contributed by atoms with Crippen LogP contribution >= 0.6 is 0 Å². The summed E-state index contributed by atoms with van der Waals surface area (Å²) in [6, 6.07) is 0. The second-order valence-corrected chi connectivity index (χ2v) is 0.921. The molecule has 113 valence electrons. The Balaban J connectivity index is -0.0000000268. The van der Waals surface area contributed by atoms with Crippen LogP contribution in [0.1, 0.15) is 0 Å². The van der Waals surface area contributed by atoms with Gasteiger partial charge >= 0.3 is 5.97 Å². The van der Waals surface area contributed by atoms with E-state index in [1.807, 2.05) is 0 Å². The van der Waals surface area contributed by atoms with E-state index in [9.17, 15) is 0 Å². The monoisotopic (exact) mass is 289 g/mol. The lowest BCUT2D eigenvalue weighted by Crippen LogP contribution is -1.79. The highest BCUT2D eigenvalue weighted by atomic mass is 16.4. The molecule has 0 atom stereocenters. The molecule has 19 heavy (non-hydrogen) atoms. The quantitative estimate of drug-likeness (QED) is 0.277. The van der Waals surface area contributed by atoms with Crippen LogP contribution in [-0.2, 0) is 28.8 Å². The summed E-state index contributed by atoms with van der Waals surface area (Å²) in [5.74, 6) is -1.08. The second-order valence-electron chi connectivity index (χ2n) is 0.921. The lowest BCUT2D eigenvalue weighted by atomic mass is 10.9. The van der Waals surface area contributed by atoms with Crippen LogP contribution in [0.5, 0.6) is 0 Å². The third-order valence-electron chi connectivity index (χ3n) is 0. The van der Waals surface area contributed by atoms with E-state index in [-0.39, 0.29) is 32.4 Å². The van der Waals surface area contributed by atoms with Crippen molar-refractivity contribution in [1.82, 2.24) is 0 Å². The maximum atomic E-state index is 8.89. The topological polar surface area (TPSA) is 224 Å². The van der Waals surface area contributed by atoms with Crippen LogP contribution in [0.25, 0.3) is 0 Å². The fraction of sp³-hybridized carbons (Fsp3) is 0. The van der Waals surface area contributed by atoms with E-state index in [1.54, 1.807) is 0 Å². The van der Waals surface area contributed by atoms with Crippen LogP contribution in [-0.4, -0.2) is 69.0 Å². The fourth-order valence-electron chi connectivity index (χ4n) is 0. The molecule has 0 aromatic carbocycles. The molecule has 0 aliphatic rings. The van der Waals surface area contributed by atoms with Gasteiger partial charge in [-0.05, 0) is 0 Å². The Bertz CT molecular complexity index is 150. The number of aliphatic carboxylic acids is 1. The van der Waals surface area contributed by atoms with Crippen LogP contribution in [0.3, 0.4) is 0 Å². The van der Waals surface area contributed by atoms with Gasteiger partial charge in [-0.25, -0.2) is 0 Å². The van der Waals surface area contributed by atoms with Gasteiger partial charge in [0.15, 0.2) is 0 Å². The Kier molecular flexibility index (Phi) is 231. The van der Waals surface area contributed by atoms with Gasteiger partial charge in [-0.3, -0.25) is 28.8 Å². The van der Waals surface area contributed by atoms with Gasteiger partial charge in [0.1, 0.15) is 0 Å². The average molecular weight is 289 g/mol. The van der Waals surface area contributed by atoms with Crippen LogP contribution in [0.15, 0.2) is 0 Å². The maximum Gasteiger partial charge on any atom is 0.303 e. The molecule has 0 rings (SSSR count). The Morgan fingerprint density at radius 3 is 0.632 bits per heavy atom. The van der Waals surface area contributed by atoms with Crippen LogP contribution in [0.4, 0.5) is 0 Å². The van der Waals surface area contributed by atoms with Gasteiger partial charge in [0.25, 0.3) is 32.4 Å². The molecule has 0 saturated heterocycles. The Hall–Kier alpha value is -3.18. The van der Waals surface area contributed by atoms with E-state index in [0.29, 0.717) is 0 Å². The zero-order valence-corrected chi connectivity index (χ0v) is 9.23. The van der Waals surface area contributed by atoms with Crippen molar-refractivity contribution in [3.05, 3.63) is 6.92 Å². The summed E-state index contributed by atoms with van der Waals surface area (Å²) in [6.07, 6.45) is 0. The molecule has 0 aliphatic heterocycles. The molecule has 0 aromatic rings. The molecule has 0 bridgehead atoms. The van der Waals surface area contributed by atoms with Crippen molar-refractivity contribution in [3.63, 3.8) is 0 Å². The molecule has 12 nitrogen and oxygen atoms in total. The van der Waals surface area contributed by atoms with E-state index in [4.69, 9.17) is 59.4 Å². The van der Waals surface area contributed by atoms with Gasteiger partial charge in [0.2, 0.25) is 0 Å². The SMILES string of the molecule is O=CO.O=CO.O=CO.O=CO.O=CO.[CH2]C(=O)O. The smallest absolute Gasteiger partial charge is 0.303 e. The fourth-order valence-corrected chi connectivity index (χ4v) is 0. The van der Waals surface area contributed by atoms with Gasteiger partial charge in [0.05, 0.1) is 6.92 Å². The summed E-state index contributed by atoms with van der Waals surface area (Å²) < 4.78 is 0. The van der Waals surface area contributed by atoms with Crippen molar-refractivity contribution < 1.29 is 59.4 Å². The van der Waals surface area contributed by atoms with Gasteiger partial charge < -0.3 is 30.6 Å². The Morgan fingerprint density at radius 2 is 0.632 bits per heavy atom. The van der Waals surface area contributed by atoms with Crippen molar-refractivity contribution in [2.45, 2.75) is 0 Å². The largest absolute Gasteiger partial charge is 0.483 e. The number of carboxylic acids is 1. The van der Waals surface area contributed by atoms with Crippen molar-refractivity contribution >= 4 is 38.3 Å². The van der Waals surface area contributed by atoms with E-state index >= 15 is 0 Å². The summed E-state index contributed by atoms with van der Waals surface area (Å²) in [5.41, 5.74) is 0. The molecule has 0 fully saturated rings. The molecule has 0 unspecified atom stereocenters. The predicted molar refractivity (Wildman–Crippen MR) is 56.5 cm³/mol. The number of hydrogen-bond donors (Lipinski definition) is 6. The molecular weight excluding hydrogens is 276 g/mol. The molecule has 12 heteroatoms. The van der Waals surface area contributed by atoms with Gasteiger partial charge in [0, 0.05) is 0 Å². The van der Waals surface area contributed by atoms with Gasteiger partial charge in [-0.1, -0.05) is 0 Å². The lowest BCUT2D eigenvalue weighted by Gasteiger charge is -1.58. The number of carbonyl (C=O) groups is 6. The zero-order valence-electron chi connectivity index (χ0n) is 9.23. The zero-order chi connectivity index (χ0) is 17.1. The first-order valence-electron chi connectivity index (χ1n) is 3.25. The van der Waals surface area contributed by atoms with Crippen molar-refractivity contribution in [1.29, 1.82) is 0 Å². The molecule has 0 heterocycles. The molecule has 1 radical (unpaired) electrons. The summed E-state index contributed by atoms with van der Waals surface area (Å²) in [6.45, 7) is 1.31. The van der Waals surface area contributed by atoms with Crippen LogP contribution in [0.2, 0.25) is 0 Å². The minimum atomic E-state index is -1.08. The summed E-state index contributed by atoms with van der Waals surface area (Å²) in [4.78, 5) is 50.7. The second kappa shape index (κ2) is 122. The Labute approximate surface area is 106 Å². The Morgan fingerprint density at radius 1 is 0.632 bits per heavy atom. The first kappa shape index (κ1) is 36.0. The molecule has 0 spiro atoms. The molecule has 0 aromatic heterocycles. The van der Waals surface area contributed by atoms with E-state index < -0.39 is 5.97 Å². The third-order valence-corrected chi connectivity index (χ3v) is 0. The normalized spacial score (nSPS) is 4.47. The number of rotatable bonds is 0. The molecule has 0 saturated carbocycles. The van der Waals surface area contributed by atoms with Crippen molar-refractivity contribution in [2.24, 2.45) is 0 Å². The average Bonchev–Trinajstić information content (AvgIpc) is 2.21. The van der Waals surface area contributed by atoms with Crippen LogP contribution < -0.4 is 0 Å². The highest BCUT2D eigenvalue weighted by Crippen LogP contribution is 1.40. The predicted octanol–water partition coefficient (Wildman–Crippen LogP) is -1.59. The van der Waals surface area contributed by atoms with Crippen molar-refractivity contribution in [2.75, 3.05) is 0 Å². The number of carboxylic acid groups (broad SMARTS) is 6. The van der Waals surface area contributed by atoms with Crippen molar-refractivity contribution in [3.8, 4) is 0 Å². The summed E-state index contributed by atoms with van der Waals surface area (Å²) in [5, 5.41) is 41.8. The lowest BCUT2D eigenvalue weighted by molar-refractivity contribution is -0.132. The minimum absolute atomic E-state index is 0.250. The van der Waals surface area contributed by atoms with E-state index in [2.05, 4.69) is 6.92 Å². The third kappa shape index (κ3) is 241. The summed E-state index contributed by atoms with van der Waals surface area (Å²) >= 11 is 0. The first-order chi connectivity index (χ1) is 8.80. The van der Waals surface area contributed by atoms with E-state index in [0.717, 1.165) is 0 Å². The van der Waals surface area contributed by atoms with Crippen LogP contribution in [0, 0.1) is 6.92 Å². The molecular formula is C7H13O12. The van der Waals surface area contributed by atoms with Gasteiger partial charge in [-0.2, -0.15) is 0 Å². The first-order valence-corrected chi connectivity index (χ1v) is 3.25. The highest BCUT2D eigenvalue weighted by Gasteiger charge is 1.66. The summed E-state index contributed by atoms with van der Waals surface area (Å²) in [7, 11) is 0. The standard InChI is InChI=1S/C2H3O2.5CH2O2/c1-2(3)4;5*2-1-3/h1H2,(H,3,4);5*1H,(H,2,3). The molecule has 0 aliphatic carbocycles. The van der Waals surface area contributed by atoms with Gasteiger partial charge in [-0.15, -0.1) is 0 Å². The molecule has 0 amide bonds. The minimum Gasteiger partial charge on any atom is -0.483 e.